The van der Waals surface area contributed by atoms with Crippen LogP contribution in [0, 0.1) is 13.8 Å². The summed E-state index contributed by atoms with van der Waals surface area (Å²) < 4.78 is 6.10. The Morgan fingerprint density at radius 2 is 1.90 bits per heavy atom. The molecule has 30 heavy (non-hydrogen) atoms. The number of hydrogen-bond donors (Lipinski definition) is 1. The van der Waals surface area contributed by atoms with Crippen molar-refractivity contribution < 1.29 is 4.42 Å². The maximum absolute atomic E-state index is 6.10. The van der Waals surface area contributed by atoms with Gasteiger partial charge < -0.3 is 20.0 Å². The summed E-state index contributed by atoms with van der Waals surface area (Å²) in [5.41, 5.74) is 11.2. The van der Waals surface area contributed by atoms with Crippen molar-refractivity contribution in [3.63, 3.8) is 0 Å². The van der Waals surface area contributed by atoms with Crippen LogP contribution in [0.2, 0.25) is 0 Å². The zero-order valence-corrected chi connectivity index (χ0v) is 17.7. The van der Waals surface area contributed by atoms with Crippen molar-refractivity contribution in [3.05, 3.63) is 41.7 Å². The van der Waals surface area contributed by atoms with Gasteiger partial charge in [0.1, 0.15) is 17.7 Å². The van der Waals surface area contributed by atoms with Crippen LogP contribution in [-0.4, -0.2) is 65.2 Å². The molecule has 0 radical (unpaired) electrons. The molecule has 0 aliphatic carbocycles. The molecule has 5 rings (SSSR count). The number of anilines is 2. The summed E-state index contributed by atoms with van der Waals surface area (Å²) in [6, 6.07) is 6.54. The Labute approximate surface area is 176 Å². The Hall–Kier alpha value is -2.71. The number of nitrogens with two attached hydrogens (primary N) is 1. The second-order valence-corrected chi connectivity index (χ2v) is 8.43. The van der Waals surface area contributed by atoms with Gasteiger partial charge in [0.2, 0.25) is 5.89 Å². The molecule has 8 nitrogen and oxygen atoms in total. The van der Waals surface area contributed by atoms with E-state index in [0.29, 0.717) is 0 Å². The lowest BCUT2D eigenvalue weighted by Gasteiger charge is -2.35. The maximum Gasteiger partial charge on any atom is 0.209 e. The van der Waals surface area contributed by atoms with Gasteiger partial charge in [0.15, 0.2) is 5.58 Å². The summed E-state index contributed by atoms with van der Waals surface area (Å²) in [6.45, 7) is 10.6. The minimum absolute atomic E-state index is 0.264. The fourth-order valence-electron chi connectivity index (χ4n) is 4.40. The summed E-state index contributed by atoms with van der Waals surface area (Å²) >= 11 is 0. The SMILES string of the molecule is Cc1ncnc(N2CCN(Cc3nc4ccc(N5CC[C@H](N)C5)cc4o3)CC2)c1C. The smallest absolute Gasteiger partial charge is 0.209 e. The molecule has 2 fully saturated rings. The molecule has 0 unspecified atom stereocenters. The summed E-state index contributed by atoms with van der Waals surface area (Å²) in [6.07, 6.45) is 2.70. The van der Waals surface area contributed by atoms with Gasteiger partial charge in [-0.05, 0) is 32.4 Å². The van der Waals surface area contributed by atoms with Gasteiger partial charge in [0.05, 0.1) is 6.54 Å². The Bertz CT molecular complexity index is 1040. The van der Waals surface area contributed by atoms with Crippen molar-refractivity contribution in [2.75, 3.05) is 49.1 Å². The third-order valence-electron chi connectivity index (χ3n) is 6.35. The molecular formula is C22H29N7O. The monoisotopic (exact) mass is 407 g/mol. The first-order chi connectivity index (χ1) is 14.6. The van der Waals surface area contributed by atoms with E-state index in [4.69, 9.17) is 15.1 Å². The number of oxazole rings is 1. The summed E-state index contributed by atoms with van der Waals surface area (Å²) in [5.74, 6) is 1.83. The van der Waals surface area contributed by atoms with Crippen molar-refractivity contribution in [2.45, 2.75) is 32.9 Å². The Morgan fingerprint density at radius 1 is 1.07 bits per heavy atom. The second kappa shape index (κ2) is 7.85. The Balaban J connectivity index is 1.24. The molecule has 2 aliphatic rings. The van der Waals surface area contributed by atoms with Gasteiger partial charge >= 0.3 is 0 Å². The van der Waals surface area contributed by atoms with E-state index in [1.54, 1.807) is 6.33 Å². The van der Waals surface area contributed by atoms with Crippen LogP contribution in [-0.2, 0) is 6.54 Å². The van der Waals surface area contributed by atoms with Crippen molar-refractivity contribution in [3.8, 4) is 0 Å². The van der Waals surface area contributed by atoms with Crippen LogP contribution in [0.1, 0.15) is 23.6 Å². The molecule has 2 N–H and O–H groups in total. The highest BCUT2D eigenvalue weighted by Crippen LogP contribution is 2.26. The number of benzene rings is 1. The molecule has 1 atom stereocenters. The van der Waals surface area contributed by atoms with Crippen LogP contribution in [0.3, 0.4) is 0 Å². The predicted octanol–water partition coefficient (Wildman–Crippen LogP) is 2.09. The molecule has 0 spiro atoms. The average molecular weight is 408 g/mol. The standard InChI is InChI=1S/C22H29N7O/c1-15-16(2)24-14-25-22(15)28-9-7-27(8-10-28)13-21-26-19-4-3-18(11-20(19)30-21)29-6-5-17(23)12-29/h3-4,11,14,17H,5-10,12-13,23H2,1-2H3/t17-/m0/s1. The normalized spacial score (nSPS) is 20.4. The molecule has 3 aromatic rings. The highest BCUT2D eigenvalue weighted by atomic mass is 16.3. The van der Waals surface area contributed by atoms with Crippen molar-refractivity contribution in [1.29, 1.82) is 0 Å². The minimum atomic E-state index is 0.264. The molecular weight excluding hydrogens is 378 g/mol. The zero-order valence-electron chi connectivity index (χ0n) is 17.7. The molecule has 1 aromatic carbocycles. The lowest BCUT2D eigenvalue weighted by Crippen LogP contribution is -2.46. The summed E-state index contributed by atoms with van der Waals surface area (Å²) in [7, 11) is 0. The largest absolute Gasteiger partial charge is 0.439 e. The van der Waals surface area contributed by atoms with Crippen LogP contribution in [0.4, 0.5) is 11.5 Å². The summed E-state index contributed by atoms with van der Waals surface area (Å²) in [5, 5.41) is 0. The van der Waals surface area contributed by atoms with Gasteiger partial charge in [-0.15, -0.1) is 0 Å². The van der Waals surface area contributed by atoms with Gasteiger partial charge in [0.25, 0.3) is 0 Å². The van der Waals surface area contributed by atoms with Gasteiger partial charge in [-0.2, -0.15) is 0 Å². The van der Waals surface area contributed by atoms with E-state index in [1.807, 2.05) is 6.92 Å². The number of aromatic nitrogens is 3. The fourth-order valence-corrected chi connectivity index (χ4v) is 4.40. The predicted molar refractivity (Wildman–Crippen MR) is 118 cm³/mol. The van der Waals surface area contributed by atoms with Gasteiger partial charge in [0, 0.05) is 68.3 Å². The third-order valence-corrected chi connectivity index (χ3v) is 6.35. The molecule has 2 saturated heterocycles. The molecule has 2 aliphatic heterocycles. The minimum Gasteiger partial charge on any atom is -0.439 e. The number of rotatable bonds is 4. The van der Waals surface area contributed by atoms with E-state index >= 15 is 0 Å². The zero-order chi connectivity index (χ0) is 20.7. The third kappa shape index (κ3) is 3.73. The molecule has 0 amide bonds. The van der Waals surface area contributed by atoms with E-state index in [2.05, 4.69) is 49.8 Å². The molecule has 4 heterocycles. The van der Waals surface area contributed by atoms with E-state index in [9.17, 15) is 0 Å². The van der Waals surface area contributed by atoms with Gasteiger partial charge in [-0.25, -0.2) is 15.0 Å². The average Bonchev–Trinajstić information content (AvgIpc) is 3.35. The number of hydrogen-bond acceptors (Lipinski definition) is 8. The molecule has 8 heteroatoms. The van der Waals surface area contributed by atoms with E-state index < -0.39 is 0 Å². The lowest BCUT2D eigenvalue weighted by molar-refractivity contribution is 0.228. The van der Waals surface area contributed by atoms with E-state index in [-0.39, 0.29) is 6.04 Å². The highest BCUT2D eigenvalue weighted by molar-refractivity contribution is 5.77. The van der Waals surface area contributed by atoms with Crippen LogP contribution >= 0.6 is 0 Å². The van der Waals surface area contributed by atoms with Crippen molar-refractivity contribution in [1.82, 2.24) is 19.9 Å². The fraction of sp³-hybridized carbons (Fsp3) is 0.500. The second-order valence-electron chi connectivity index (χ2n) is 8.43. The van der Waals surface area contributed by atoms with Crippen LogP contribution in [0.5, 0.6) is 0 Å². The topological polar surface area (TPSA) is 87.6 Å². The first-order valence-electron chi connectivity index (χ1n) is 10.7. The van der Waals surface area contributed by atoms with Gasteiger partial charge in [-0.3, -0.25) is 4.90 Å². The Morgan fingerprint density at radius 3 is 2.67 bits per heavy atom. The molecule has 158 valence electrons. The first kappa shape index (κ1) is 19.3. The van der Waals surface area contributed by atoms with Crippen molar-refractivity contribution in [2.24, 2.45) is 5.73 Å². The quantitative estimate of drug-likeness (QED) is 0.704. The van der Waals surface area contributed by atoms with E-state index in [1.165, 1.54) is 11.3 Å². The number of aryl methyl sites for hydroxylation is 1. The summed E-state index contributed by atoms with van der Waals surface area (Å²) in [4.78, 5) is 20.6. The molecule has 0 bridgehead atoms. The molecule has 2 aromatic heterocycles. The van der Waals surface area contributed by atoms with Gasteiger partial charge in [-0.1, -0.05) is 0 Å². The molecule has 0 saturated carbocycles. The van der Waals surface area contributed by atoms with Crippen LogP contribution in [0.15, 0.2) is 28.9 Å². The lowest BCUT2D eigenvalue weighted by atomic mass is 10.2. The first-order valence-corrected chi connectivity index (χ1v) is 10.7. The number of nitrogens with zero attached hydrogens (tertiary/aromatic N) is 6. The Kier molecular flexibility index (Phi) is 5.04. The number of fused-ring (bicyclic) bond motifs is 1. The van der Waals surface area contributed by atoms with Crippen LogP contribution in [0.25, 0.3) is 11.1 Å². The van der Waals surface area contributed by atoms with E-state index in [0.717, 1.165) is 80.7 Å². The van der Waals surface area contributed by atoms with Crippen LogP contribution < -0.4 is 15.5 Å². The van der Waals surface area contributed by atoms with Crippen molar-refractivity contribution >= 4 is 22.6 Å². The number of piperazine rings is 1. The highest BCUT2D eigenvalue weighted by Gasteiger charge is 2.23. The maximum atomic E-state index is 6.10.